The molecule has 3 rings (SSSR count). The van der Waals surface area contributed by atoms with Gasteiger partial charge in [-0.3, -0.25) is 9.59 Å². The van der Waals surface area contributed by atoms with E-state index in [-0.39, 0.29) is 25.0 Å². The number of rotatable bonds is 6. The predicted octanol–water partition coefficient (Wildman–Crippen LogP) is 1.88. The van der Waals surface area contributed by atoms with Gasteiger partial charge in [-0.15, -0.1) is 0 Å². The topological polar surface area (TPSA) is 69.6 Å². The number of amides is 2. The second-order valence-electron chi connectivity index (χ2n) is 6.21. The molecule has 0 bridgehead atoms. The molecule has 1 aliphatic heterocycles. The zero-order valence-corrected chi connectivity index (χ0v) is 14.5. The van der Waals surface area contributed by atoms with Crippen LogP contribution in [0.15, 0.2) is 60.7 Å². The minimum absolute atomic E-state index is 0.123. The number of aliphatic hydroxyl groups is 1. The number of nitrogens with zero attached hydrogens (tertiary/aromatic N) is 1. The molecule has 2 amide bonds. The van der Waals surface area contributed by atoms with Crippen LogP contribution in [0.2, 0.25) is 0 Å². The molecule has 0 saturated heterocycles. The Labute approximate surface area is 153 Å². The van der Waals surface area contributed by atoms with E-state index in [0.29, 0.717) is 18.5 Å². The van der Waals surface area contributed by atoms with Crippen molar-refractivity contribution >= 4 is 17.9 Å². The third-order valence-corrected chi connectivity index (χ3v) is 4.41. The third-order valence-electron chi connectivity index (χ3n) is 4.41. The van der Waals surface area contributed by atoms with Gasteiger partial charge in [-0.1, -0.05) is 60.7 Å². The first-order chi connectivity index (χ1) is 12.7. The van der Waals surface area contributed by atoms with Gasteiger partial charge in [0, 0.05) is 25.1 Å². The molecule has 0 aromatic heterocycles. The van der Waals surface area contributed by atoms with E-state index >= 15 is 0 Å². The molecule has 1 aliphatic rings. The Balaban J connectivity index is 1.69. The van der Waals surface area contributed by atoms with Gasteiger partial charge in [0.15, 0.2) is 0 Å². The number of carbonyl (C=O) groups is 2. The van der Waals surface area contributed by atoms with Gasteiger partial charge in [0.25, 0.3) is 5.91 Å². The number of carbonyl (C=O) groups excluding carboxylic acids is 2. The molecule has 2 N–H and O–H groups in total. The minimum Gasteiger partial charge on any atom is -0.395 e. The molecule has 1 heterocycles. The molecule has 0 spiro atoms. The summed E-state index contributed by atoms with van der Waals surface area (Å²) in [6.45, 7) is 0.483. The van der Waals surface area contributed by atoms with E-state index in [1.165, 1.54) is 0 Å². The number of hydrogen-bond acceptors (Lipinski definition) is 3. The van der Waals surface area contributed by atoms with Gasteiger partial charge in [0.05, 0.1) is 6.61 Å². The van der Waals surface area contributed by atoms with Gasteiger partial charge >= 0.3 is 0 Å². The van der Waals surface area contributed by atoms with E-state index < -0.39 is 6.04 Å². The Morgan fingerprint density at radius 3 is 2.65 bits per heavy atom. The molecular weight excluding hydrogens is 328 g/mol. The maximum absolute atomic E-state index is 12.9. The Morgan fingerprint density at radius 2 is 1.88 bits per heavy atom. The summed E-state index contributed by atoms with van der Waals surface area (Å²) in [5, 5.41) is 12.1. The summed E-state index contributed by atoms with van der Waals surface area (Å²) in [7, 11) is 0. The standard InChI is InChI=1S/C21H22N2O3/c24-14-13-23(12-6-9-16-7-2-1-3-8-16)21(26)19-15-17-10-4-5-11-18(17)20(25)22-19/h1-11,19,24H,12-15H2,(H,22,25)/b9-6+/t19-/m1/s1. The smallest absolute Gasteiger partial charge is 0.252 e. The van der Waals surface area contributed by atoms with Gasteiger partial charge in [0.2, 0.25) is 5.91 Å². The molecule has 1 atom stereocenters. The second kappa shape index (κ2) is 8.45. The molecule has 26 heavy (non-hydrogen) atoms. The third kappa shape index (κ3) is 4.18. The van der Waals surface area contributed by atoms with E-state index in [2.05, 4.69) is 5.32 Å². The van der Waals surface area contributed by atoms with Crippen LogP contribution < -0.4 is 5.32 Å². The SMILES string of the molecule is O=C1N[C@@H](C(=O)N(C/C=C/c2ccccc2)CCO)Cc2ccccc21. The Bertz CT molecular complexity index is 802. The predicted molar refractivity (Wildman–Crippen MR) is 101 cm³/mol. The highest BCUT2D eigenvalue weighted by Crippen LogP contribution is 2.17. The first-order valence-electron chi connectivity index (χ1n) is 8.69. The summed E-state index contributed by atoms with van der Waals surface area (Å²) in [6.07, 6.45) is 4.29. The molecule has 0 radical (unpaired) electrons. The first-order valence-corrected chi connectivity index (χ1v) is 8.69. The fraction of sp³-hybridized carbons (Fsp3) is 0.238. The molecule has 2 aromatic carbocycles. The number of benzene rings is 2. The number of nitrogens with one attached hydrogen (secondary N) is 1. The summed E-state index contributed by atoms with van der Waals surface area (Å²) in [5.74, 6) is -0.409. The van der Waals surface area contributed by atoms with Crippen LogP contribution in [0.5, 0.6) is 0 Å². The van der Waals surface area contributed by atoms with Crippen molar-refractivity contribution in [3.63, 3.8) is 0 Å². The van der Waals surface area contributed by atoms with Crippen LogP contribution in [-0.4, -0.2) is 47.6 Å². The van der Waals surface area contributed by atoms with E-state index in [4.69, 9.17) is 0 Å². The van der Waals surface area contributed by atoms with Gasteiger partial charge in [-0.2, -0.15) is 0 Å². The normalized spacial score (nSPS) is 16.2. The van der Waals surface area contributed by atoms with Crippen molar-refractivity contribution in [2.75, 3.05) is 19.7 Å². The van der Waals surface area contributed by atoms with Crippen LogP contribution in [0.25, 0.3) is 6.08 Å². The number of fused-ring (bicyclic) bond motifs is 1. The van der Waals surface area contributed by atoms with Crippen molar-refractivity contribution in [1.82, 2.24) is 10.2 Å². The molecule has 0 fully saturated rings. The fourth-order valence-electron chi connectivity index (χ4n) is 3.09. The molecule has 5 heteroatoms. The molecule has 0 unspecified atom stereocenters. The molecular formula is C21H22N2O3. The minimum atomic E-state index is -0.603. The number of aliphatic hydroxyl groups excluding tert-OH is 1. The van der Waals surface area contributed by atoms with Gasteiger partial charge in [0.1, 0.15) is 6.04 Å². The van der Waals surface area contributed by atoms with E-state index in [1.807, 2.05) is 60.7 Å². The zero-order valence-electron chi connectivity index (χ0n) is 14.5. The van der Waals surface area contributed by atoms with E-state index in [0.717, 1.165) is 11.1 Å². The van der Waals surface area contributed by atoms with Crippen molar-refractivity contribution < 1.29 is 14.7 Å². The maximum Gasteiger partial charge on any atom is 0.252 e. The summed E-state index contributed by atoms with van der Waals surface area (Å²) in [5.41, 5.74) is 2.54. The van der Waals surface area contributed by atoms with Gasteiger partial charge in [-0.05, 0) is 17.2 Å². The van der Waals surface area contributed by atoms with Gasteiger partial charge in [-0.25, -0.2) is 0 Å². The Morgan fingerprint density at radius 1 is 1.15 bits per heavy atom. The average molecular weight is 350 g/mol. The monoisotopic (exact) mass is 350 g/mol. The summed E-state index contributed by atoms with van der Waals surface area (Å²) >= 11 is 0. The molecule has 134 valence electrons. The lowest BCUT2D eigenvalue weighted by molar-refractivity contribution is -0.133. The van der Waals surface area contributed by atoms with Crippen molar-refractivity contribution in [3.8, 4) is 0 Å². The lowest BCUT2D eigenvalue weighted by atomic mass is 9.94. The second-order valence-corrected chi connectivity index (χ2v) is 6.21. The first kappa shape index (κ1) is 17.9. The van der Waals surface area contributed by atoms with Crippen molar-refractivity contribution in [3.05, 3.63) is 77.4 Å². The van der Waals surface area contributed by atoms with Crippen molar-refractivity contribution in [2.45, 2.75) is 12.5 Å². The van der Waals surface area contributed by atoms with Crippen molar-refractivity contribution in [1.29, 1.82) is 0 Å². The average Bonchev–Trinajstić information content (AvgIpc) is 2.67. The summed E-state index contributed by atoms with van der Waals surface area (Å²) in [4.78, 5) is 26.7. The van der Waals surface area contributed by atoms with E-state index in [9.17, 15) is 14.7 Å². The van der Waals surface area contributed by atoms with Crippen LogP contribution in [0.3, 0.4) is 0 Å². The van der Waals surface area contributed by atoms with Crippen LogP contribution in [0.4, 0.5) is 0 Å². The van der Waals surface area contributed by atoms with Crippen LogP contribution in [0, 0.1) is 0 Å². The molecule has 0 saturated carbocycles. The van der Waals surface area contributed by atoms with Crippen LogP contribution in [0.1, 0.15) is 21.5 Å². The lowest BCUT2D eigenvalue weighted by Crippen LogP contribution is -2.52. The molecule has 5 nitrogen and oxygen atoms in total. The maximum atomic E-state index is 12.9. The van der Waals surface area contributed by atoms with Crippen LogP contribution >= 0.6 is 0 Å². The quantitative estimate of drug-likeness (QED) is 0.836. The summed E-state index contributed by atoms with van der Waals surface area (Å²) in [6, 6.07) is 16.5. The Hall–Kier alpha value is -2.92. The van der Waals surface area contributed by atoms with Crippen molar-refractivity contribution in [2.24, 2.45) is 0 Å². The molecule has 2 aromatic rings. The summed E-state index contributed by atoms with van der Waals surface area (Å²) < 4.78 is 0. The van der Waals surface area contributed by atoms with Gasteiger partial charge < -0.3 is 15.3 Å². The highest BCUT2D eigenvalue weighted by Gasteiger charge is 2.31. The molecule has 0 aliphatic carbocycles. The largest absolute Gasteiger partial charge is 0.395 e. The zero-order chi connectivity index (χ0) is 18.4. The van der Waals surface area contributed by atoms with Crippen LogP contribution in [-0.2, 0) is 11.2 Å². The fourth-order valence-corrected chi connectivity index (χ4v) is 3.09. The number of hydrogen-bond donors (Lipinski definition) is 2. The van der Waals surface area contributed by atoms with E-state index in [1.54, 1.807) is 11.0 Å². The highest BCUT2D eigenvalue weighted by atomic mass is 16.3. The lowest BCUT2D eigenvalue weighted by Gasteiger charge is -2.30. The Kier molecular flexibility index (Phi) is 5.81. The highest BCUT2D eigenvalue weighted by molar-refractivity contribution is 6.00.